The Bertz CT molecular complexity index is 665. The minimum Gasteiger partial charge on any atom is -0.375 e. The summed E-state index contributed by atoms with van der Waals surface area (Å²) in [5.41, 5.74) is 1.82. The monoisotopic (exact) mass is 367 g/mol. The largest absolute Gasteiger partial charge is 0.375 e. The lowest BCUT2D eigenvalue weighted by Gasteiger charge is -2.34. The maximum Gasteiger partial charge on any atom is 0.253 e. The number of piperazine rings is 1. The average Bonchev–Trinajstić information content (AvgIpc) is 2.59. The van der Waals surface area contributed by atoms with Gasteiger partial charge in [0.25, 0.3) is 5.91 Å². The van der Waals surface area contributed by atoms with Gasteiger partial charge < -0.3 is 9.80 Å². The van der Waals surface area contributed by atoms with Crippen molar-refractivity contribution in [3.63, 3.8) is 0 Å². The van der Waals surface area contributed by atoms with Crippen LogP contribution in [0.1, 0.15) is 23.7 Å². The highest BCUT2D eigenvalue weighted by Crippen LogP contribution is 2.16. The van der Waals surface area contributed by atoms with Crippen molar-refractivity contribution in [3.8, 4) is 0 Å². The second-order valence-electron chi connectivity index (χ2n) is 6.73. The summed E-state index contributed by atoms with van der Waals surface area (Å²) < 4.78 is 22.5. The topological polar surface area (TPSA) is 60.9 Å². The molecule has 0 bridgehead atoms. The van der Waals surface area contributed by atoms with Crippen LogP contribution in [0.2, 0.25) is 0 Å². The highest BCUT2D eigenvalue weighted by atomic mass is 32.2. The molecular weight excluding hydrogens is 338 g/mol. The zero-order valence-corrected chi connectivity index (χ0v) is 16.3. The van der Waals surface area contributed by atoms with Gasteiger partial charge in [0, 0.05) is 63.8 Å². The van der Waals surface area contributed by atoms with E-state index in [1.165, 1.54) is 6.26 Å². The highest BCUT2D eigenvalue weighted by molar-refractivity contribution is 7.90. The predicted molar refractivity (Wildman–Crippen MR) is 102 cm³/mol. The smallest absolute Gasteiger partial charge is 0.253 e. The van der Waals surface area contributed by atoms with Crippen LogP contribution in [0.5, 0.6) is 0 Å². The van der Waals surface area contributed by atoms with Crippen LogP contribution in [0.25, 0.3) is 0 Å². The van der Waals surface area contributed by atoms with Gasteiger partial charge in [-0.05, 0) is 30.7 Å². The molecule has 2 rings (SSSR count). The van der Waals surface area contributed by atoms with E-state index in [1.54, 1.807) is 0 Å². The molecule has 0 radical (unpaired) electrons. The van der Waals surface area contributed by atoms with Gasteiger partial charge in [0.1, 0.15) is 9.84 Å². The van der Waals surface area contributed by atoms with Crippen LogP contribution in [0, 0.1) is 0 Å². The van der Waals surface area contributed by atoms with Crippen molar-refractivity contribution < 1.29 is 13.2 Å². The van der Waals surface area contributed by atoms with E-state index in [-0.39, 0.29) is 11.7 Å². The number of hydrogen-bond acceptors (Lipinski definition) is 5. The van der Waals surface area contributed by atoms with Gasteiger partial charge in [0.2, 0.25) is 0 Å². The number of nitrogens with zero attached hydrogens (tertiary/aromatic N) is 3. The molecule has 1 aromatic rings. The first-order chi connectivity index (χ1) is 11.8. The third-order valence-corrected chi connectivity index (χ3v) is 5.48. The number of carbonyl (C=O) groups excluding carboxylic acids is 1. The first kappa shape index (κ1) is 19.7. The lowest BCUT2D eigenvalue weighted by atomic mass is 10.1. The SMILES string of the molecule is CCCN(C)c1ccc(C(=O)N2CCN(CCS(C)(=O)=O)CC2)cc1. The highest BCUT2D eigenvalue weighted by Gasteiger charge is 2.22. The quantitative estimate of drug-likeness (QED) is 0.728. The van der Waals surface area contributed by atoms with Crippen LogP contribution in [-0.2, 0) is 9.84 Å². The molecule has 1 aromatic carbocycles. The molecule has 25 heavy (non-hydrogen) atoms. The van der Waals surface area contributed by atoms with Crippen molar-refractivity contribution in [1.82, 2.24) is 9.80 Å². The summed E-state index contributed by atoms with van der Waals surface area (Å²) >= 11 is 0. The summed E-state index contributed by atoms with van der Waals surface area (Å²) in [5, 5.41) is 0. The molecule has 1 aliphatic rings. The van der Waals surface area contributed by atoms with Gasteiger partial charge in [-0.1, -0.05) is 6.92 Å². The first-order valence-corrected chi connectivity index (χ1v) is 10.9. The molecule has 0 atom stereocenters. The van der Waals surface area contributed by atoms with Crippen LogP contribution >= 0.6 is 0 Å². The number of amides is 1. The van der Waals surface area contributed by atoms with Gasteiger partial charge in [0.05, 0.1) is 5.75 Å². The number of hydrogen-bond donors (Lipinski definition) is 0. The van der Waals surface area contributed by atoms with E-state index in [0.29, 0.717) is 25.2 Å². The normalized spacial score (nSPS) is 16.0. The fraction of sp³-hybridized carbons (Fsp3) is 0.611. The van der Waals surface area contributed by atoms with Crippen molar-refractivity contribution >= 4 is 21.4 Å². The molecule has 7 heteroatoms. The molecule has 0 aromatic heterocycles. The van der Waals surface area contributed by atoms with E-state index in [0.717, 1.165) is 31.7 Å². The average molecular weight is 368 g/mol. The van der Waals surface area contributed by atoms with Crippen molar-refractivity contribution in [2.24, 2.45) is 0 Å². The number of benzene rings is 1. The number of rotatable bonds is 7. The van der Waals surface area contributed by atoms with Crippen molar-refractivity contribution in [2.45, 2.75) is 13.3 Å². The van der Waals surface area contributed by atoms with Crippen molar-refractivity contribution in [1.29, 1.82) is 0 Å². The van der Waals surface area contributed by atoms with E-state index in [9.17, 15) is 13.2 Å². The maximum absolute atomic E-state index is 12.6. The Kier molecular flexibility index (Phi) is 6.84. The van der Waals surface area contributed by atoms with E-state index >= 15 is 0 Å². The Morgan fingerprint density at radius 3 is 2.24 bits per heavy atom. The Balaban J connectivity index is 1.87. The van der Waals surface area contributed by atoms with Crippen LogP contribution in [0.4, 0.5) is 5.69 Å². The van der Waals surface area contributed by atoms with Crippen LogP contribution in [0.15, 0.2) is 24.3 Å². The number of anilines is 1. The summed E-state index contributed by atoms with van der Waals surface area (Å²) in [7, 11) is -0.886. The Labute approximate surface area is 151 Å². The van der Waals surface area contributed by atoms with E-state index in [4.69, 9.17) is 0 Å². The third-order valence-electron chi connectivity index (χ3n) is 4.55. The summed E-state index contributed by atoms with van der Waals surface area (Å²) in [6.07, 6.45) is 2.34. The van der Waals surface area contributed by atoms with Crippen LogP contribution < -0.4 is 4.90 Å². The van der Waals surface area contributed by atoms with Crippen LogP contribution in [0.3, 0.4) is 0 Å². The summed E-state index contributed by atoms with van der Waals surface area (Å²) in [5.74, 6) is 0.223. The molecule has 1 aliphatic heterocycles. The lowest BCUT2D eigenvalue weighted by Crippen LogP contribution is -2.49. The lowest BCUT2D eigenvalue weighted by molar-refractivity contribution is 0.0644. The van der Waals surface area contributed by atoms with Gasteiger partial charge >= 0.3 is 0 Å². The molecule has 0 N–H and O–H groups in total. The molecular formula is C18H29N3O3S. The minimum atomic E-state index is -2.94. The molecule has 0 saturated carbocycles. The number of sulfone groups is 1. The molecule has 1 heterocycles. The first-order valence-electron chi connectivity index (χ1n) is 8.80. The fourth-order valence-corrected chi connectivity index (χ4v) is 3.56. The molecule has 1 amide bonds. The number of carbonyl (C=O) groups is 1. The van der Waals surface area contributed by atoms with E-state index in [1.807, 2.05) is 29.2 Å². The fourth-order valence-electron chi connectivity index (χ4n) is 2.98. The third kappa shape index (κ3) is 6.01. The molecule has 140 valence electrons. The van der Waals surface area contributed by atoms with Gasteiger partial charge in [-0.3, -0.25) is 9.69 Å². The molecule has 1 saturated heterocycles. The van der Waals surface area contributed by atoms with Crippen molar-refractivity contribution in [2.75, 3.05) is 63.2 Å². The summed E-state index contributed by atoms with van der Waals surface area (Å²) in [6.45, 7) is 6.39. The summed E-state index contributed by atoms with van der Waals surface area (Å²) in [6, 6.07) is 7.76. The van der Waals surface area contributed by atoms with E-state index in [2.05, 4.69) is 23.8 Å². The second kappa shape index (κ2) is 8.67. The molecule has 0 spiro atoms. The Morgan fingerprint density at radius 2 is 1.72 bits per heavy atom. The Hall–Kier alpha value is -1.60. The summed E-state index contributed by atoms with van der Waals surface area (Å²) in [4.78, 5) is 18.8. The zero-order chi connectivity index (χ0) is 18.4. The van der Waals surface area contributed by atoms with Gasteiger partial charge in [-0.15, -0.1) is 0 Å². The molecule has 6 nitrogen and oxygen atoms in total. The van der Waals surface area contributed by atoms with Crippen LogP contribution in [-0.4, -0.2) is 82.4 Å². The second-order valence-corrected chi connectivity index (χ2v) is 8.99. The standard InChI is InChI=1S/C18H29N3O3S/c1-4-9-19(2)17-7-5-16(6-8-17)18(22)21-12-10-20(11-13-21)14-15-25(3,23)24/h5-8H,4,9-15H2,1-3H3. The zero-order valence-electron chi connectivity index (χ0n) is 15.4. The molecule has 1 fully saturated rings. The van der Waals surface area contributed by atoms with Gasteiger partial charge in [-0.25, -0.2) is 8.42 Å². The predicted octanol–water partition coefficient (Wildman–Crippen LogP) is 1.34. The molecule has 0 unspecified atom stereocenters. The van der Waals surface area contributed by atoms with Crippen molar-refractivity contribution in [3.05, 3.63) is 29.8 Å². The van der Waals surface area contributed by atoms with Gasteiger partial charge in [-0.2, -0.15) is 0 Å². The maximum atomic E-state index is 12.6. The molecule has 0 aliphatic carbocycles. The van der Waals surface area contributed by atoms with Gasteiger partial charge in [0.15, 0.2) is 0 Å². The Morgan fingerprint density at radius 1 is 1.12 bits per heavy atom. The minimum absolute atomic E-state index is 0.0486. The van der Waals surface area contributed by atoms with E-state index < -0.39 is 9.84 Å².